The number of aromatic nitrogens is 2. The molecule has 0 amide bonds. The molecule has 1 N–H and O–H groups in total. The minimum absolute atomic E-state index is 0. The molecule has 0 radical (unpaired) electrons. The largest absolute Gasteiger partial charge is 1.00 e. The van der Waals surface area contributed by atoms with Crippen LogP contribution in [0.4, 0.5) is 0 Å². The molecule has 0 unspecified atom stereocenters. The molecular weight excluding hydrogens is 264 g/mol. The van der Waals surface area contributed by atoms with Crippen LogP contribution in [0.5, 0.6) is 0 Å². The fraction of sp³-hybridized carbons (Fsp3) is 0.308. The van der Waals surface area contributed by atoms with Crippen molar-refractivity contribution in [1.82, 2.24) is 4.98 Å². The summed E-state index contributed by atoms with van der Waals surface area (Å²) in [5.41, 5.74) is 3.83. The lowest BCUT2D eigenvalue weighted by Gasteiger charge is -1.94. The Balaban J connectivity index is 0.000000963. The number of fused-ring (bicyclic) bond motifs is 1. The number of imidazole rings is 1. The summed E-state index contributed by atoms with van der Waals surface area (Å²) >= 11 is 0. The van der Waals surface area contributed by atoms with E-state index in [4.69, 9.17) is 0 Å². The van der Waals surface area contributed by atoms with Crippen LogP contribution in [0.25, 0.3) is 11.3 Å². The van der Waals surface area contributed by atoms with Gasteiger partial charge in [0.05, 0.1) is 13.0 Å². The molecule has 0 saturated heterocycles. The lowest BCUT2D eigenvalue weighted by molar-refractivity contribution is -0.689. The Hall–Kier alpha value is -1.09. The van der Waals surface area contributed by atoms with Crippen molar-refractivity contribution in [3.05, 3.63) is 41.9 Å². The maximum absolute atomic E-state index is 3.49. The number of rotatable bonds is 1. The molecule has 1 aromatic carbocycles. The zero-order valence-corrected chi connectivity index (χ0v) is 10.9. The molecule has 0 saturated carbocycles. The highest BCUT2D eigenvalue weighted by molar-refractivity contribution is 5.57. The minimum Gasteiger partial charge on any atom is -1.00 e. The third-order valence-corrected chi connectivity index (χ3v) is 3.09. The van der Waals surface area contributed by atoms with E-state index in [1.807, 2.05) is 0 Å². The zero-order valence-electron chi connectivity index (χ0n) is 9.33. The van der Waals surface area contributed by atoms with Crippen LogP contribution in [0.1, 0.15) is 17.8 Å². The summed E-state index contributed by atoms with van der Waals surface area (Å²) in [6.07, 6.45) is 4.69. The van der Waals surface area contributed by atoms with E-state index in [0.29, 0.717) is 0 Å². The van der Waals surface area contributed by atoms with Crippen molar-refractivity contribution in [3.8, 4) is 11.3 Å². The van der Waals surface area contributed by atoms with Crippen molar-refractivity contribution in [3.63, 3.8) is 0 Å². The van der Waals surface area contributed by atoms with E-state index >= 15 is 0 Å². The van der Waals surface area contributed by atoms with Gasteiger partial charge in [-0.05, 0) is 13.3 Å². The van der Waals surface area contributed by atoms with Gasteiger partial charge in [0.25, 0.3) is 5.82 Å². The molecule has 0 aliphatic carbocycles. The zero-order chi connectivity index (χ0) is 10.3. The second-order valence-corrected chi connectivity index (χ2v) is 4.28. The lowest BCUT2D eigenvalue weighted by atomic mass is 10.1. The third-order valence-electron chi connectivity index (χ3n) is 3.09. The number of nitrogens with one attached hydrogen (secondary N) is 1. The third kappa shape index (κ3) is 1.92. The predicted octanol–water partition coefficient (Wildman–Crippen LogP) is -0.772. The molecule has 0 fully saturated rings. The molecule has 0 bridgehead atoms. The number of H-pyrrole nitrogens is 1. The van der Waals surface area contributed by atoms with E-state index in [1.165, 1.54) is 35.5 Å². The number of benzene rings is 1. The molecule has 3 rings (SSSR count). The fourth-order valence-corrected chi connectivity index (χ4v) is 2.20. The van der Waals surface area contributed by atoms with Crippen LogP contribution in [0, 0.1) is 6.92 Å². The fourth-order valence-electron chi connectivity index (χ4n) is 2.20. The van der Waals surface area contributed by atoms with E-state index in [1.54, 1.807) is 0 Å². The highest BCUT2D eigenvalue weighted by Crippen LogP contribution is 2.18. The molecule has 0 spiro atoms. The van der Waals surface area contributed by atoms with Crippen molar-refractivity contribution in [2.24, 2.45) is 0 Å². The minimum atomic E-state index is 0. The molecule has 16 heavy (non-hydrogen) atoms. The van der Waals surface area contributed by atoms with Gasteiger partial charge >= 0.3 is 0 Å². The highest BCUT2D eigenvalue weighted by atomic mass is 79.9. The summed E-state index contributed by atoms with van der Waals surface area (Å²) in [5.74, 6) is 1.37. The molecule has 1 aromatic heterocycles. The molecule has 2 heterocycles. The van der Waals surface area contributed by atoms with Gasteiger partial charge in [-0.15, -0.1) is 0 Å². The summed E-state index contributed by atoms with van der Waals surface area (Å²) < 4.78 is 2.33. The number of aromatic amines is 1. The van der Waals surface area contributed by atoms with Gasteiger partial charge in [0.1, 0.15) is 6.20 Å². The van der Waals surface area contributed by atoms with Gasteiger partial charge in [-0.1, -0.05) is 29.8 Å². The average Bonchev–Trinajstić information content (AvgIpc) is 2.78. The monoisotopic (exact) mass is 278 g/mol. The van der Waals surface area contributed by atoms with E-state index in [0.717, 1.165) is 6.54 Å². The number of nitrogens with zero attached hydrogens (tertiary/aromatic N) is 1. The van der Waals surface area contributed by atoms with Crippen molar-refractivity contribution >= 4 is 0 Å². The van der Waals surface area contributed by atoms with Crippen molar-refractivity contribution in [1.29, 1.82) is 0 Å². The first kappa shape index (κ1) is 11.4. The SMILES string of the molecule is Cc1ccc(-c2c[n+]3c([nH]2)CCC3)cc1.[Br-]. The number of aryl methyl sites for hydroxylation is 3. The first-order valence-electron chi connectivity index (χ1n) is 5.51. The van der Waals surface area contributed by atoms with Gasteiger partial charge in [0, 0.05) is 5.56 Å². The first-order valence-corrected chi connectivity index (χ1v) is 5.51. The van der Waals surface area contributed by atoms with Crippen LogP contribution in [0.15, 0.2) is 30.5 Å². The molecule has 2 nitrogen and oxygen atoms in total. The summed E-state index contributed by atoms with van der Waals surface area (Å²) in [6.45, 7) is 3.28. The van der Waals surface area contributed by atoms with Crippen LogP contribution in [-0.4, -0.2) is 4.98 Å². The second kappa shape index (κ2) is 4.42. The molecular formula is C13H15BrN2. The van der Waals surface area contributed by atoms with Crippen LogP contribution in [-0.2, 0) is 13.0 Å². The normalized spacial score (nSPS) is 13.3. The van der Waals surface area contributed by atoms with Gasteiger partial charge in [0.2, 0.25) is 0 Å². The molecule has 84 valence electrons. The van der Waals surface area contributed by atoms with E-state index < -0.39 is 0 Å². The maximum atomic E-state index is 3.49. The Kier molecular flexibility index (Phi) is 3.15. The number of hydrogen-bond acceptors (Lipinski definition) is 0. The Morgan fingerprint density at radius 2 is 1.94 bits per heavy atom. The topological polar surface area (TPSA) is 19.7 Å². The van der Waals surface area contributed by atoms with Crippen molar-refractivity contribution < 1.29 is 21.5 Å². The average molecular weight is 279 g/mol. The second-order valence-electron chi connectivity index (χ2n) is 4.28. The van der Waals surface area contributed by atoms with Crippen molar-refractivity contribution in [2.45, 2.75) is 26.3 Å². The van der Waals surface area contributed by atoms with Crippen LogP contribution in [0.2, 0.25) is 0 Å². The van der Waals surface area contributed by atoms with Crippen LogP contribution < -0.4 is 21.5 Å². The Labute approximate surface area is 106 Å². The maximum Gasteiger partial charge on any atom is 0.254 e. The van der Waals surface area contributed by atoms with Crippen LogP contribution >= 0.6 is 0 Å². The van der Waals surface area contributed by atoms with E-state index in [9.17, 15) is 0 Å². The van der Waals surface area contributed by atoms with Gasteiger partial charge in [-0.25, -0.2) is 9.55 Å². The summed E-state index contributed by atoms with van der Waals surface area (Å²) in [6, 6.07) is 8.67. The van der Waals surface area contributed by atoms with E-state index in [-0.39, 0.29) is 17.0 Å². The number of halogens is 1. The summed E-state index contributed by atoms with van der Waals surface area (Å²) in [7, 11) is 0. The predicted molar refractivity (Wildman–Crippen MR) is 59.5 cm³/mol. The summed E-state index contributed by atoms with van der Waals surface area (Å²) in [5, 5.41) is 0. The molecule has 1 aliphatic heterocycles. The van der Waals surface area contributed by atoms with Gasteiger partial charge < -0.3 is 17.0 Å². The van der Waals surface area contributed by atoms with E-state index in [2.05, 4.69) is 46.9 Å². The molecule has 0 atom stereocenters. The quantitative estimate of drug-likeness (QED) is 0.661. The van der Waals surface area contributed by atoms with Gasteiger partial charge in [-0.2, -0.15) is 0 Å². The smallest absolute Gasteiger partial charge is 0.254 e. The Bertz CT molecular complexity index is 464. The molecule has 2 aromatic rings. The Morgan fingerprint density at radius 1 is 1.19 bits per heavy atom. The first-order chi connectivity index (χ1) is 7.33. The molecule has 3 heteroatoms. The van der Waals surface area contributed by atoms with Crippen LogP contribution in [0.3, 0.4) is 0 Å². The van der Waals surface area contributed by atoms with Gasteiger partial charge in [-0.3, -0.25) is 0 Å². The Morgan fingerprint density at radius 3 is 2.62 bits per heavy atom. The number of hydrogen-bond donors (Lipinski definition) is 1. The lowest BCUT2D eigenvalue weighted by Crippen LogP contribution is -3.00. The highest BCUT2D eigenvalue weighted by Gasteiger charge is 2.21. The van der Waals surface area contributed by atoms with Crippen molar-refractivity contribution in [2.75, 3.05) is 0 Å². The standard InChI is InChI=1S/C13H14N2.BrH/c1-10-4-6-11(7-5-10)12-9-15-8-2-3-13(15)14-12;/h4-7,9H,2-3,8H2,1H3;1H. The van der Waals surface area contributed by atoms with Gasteiger partial charge in [0.15, 0.2) is 5.69 Å². The molecule has 1 aliphatic rings. The summed E-state index contributed by atoms with van der Waals surface area (Å²) in [4.78, 5) is 3.49.